The van der Waals surface area contributed by atoms with Crippen LogP contribution >= 0.6 is 0 Å². The average molecular weight is 218 g/mol. The number of para-hydroxylation sites is 1. The van der Waals surface area contributed by atoms with Gasteiger partial charge in [-0.1, -0.05) is 18.2 Å². The van der Waals surface area contributed by atoms with Crippen molar-refractivity contribution in [3.05, 3.63) is 36.1 Å². The molecule has 2 rings (SSSR count). The molecule has 1 aromatic carbocycles. The fraction of sp³-hybridized carbons (Fsp3) is 0.385. The first-order chi connectivity index (χ1) is 7.70. The van der Waals surface area contributed by atoms with Gasteiger partial charge in [0.25, 0.3) is 0 Å². The normalized spacial score (nSPS) is 15.2. The van der Waals surface area contributed by atoms with E-state index < -0.39 is 0 Å². The van der Waals surface area contributed by atoms with Crippen LogP contribution in [0, 0.1) is 0 Å². The maximum Gasteiger partial charge on any atom is 0.134 e. The quantitative estimate of drug-likeness (QED) is 0.828. The molecule has 0 bridgehead atoms. The Labute approximate surface area is 95.6 Å². The van der Waals surface area contributed by atoms with Crippen molar-refractivity contribution in [1.29, 1.82) is 0 Å². The lowest BCUT2D eigenvalue weighted by Crippen LogP contribution is -2.34. The molecule has 2 aromatic rings. The second kappa shape index (κ2) is 4.68. The van der Waals surface area contributed by atoms with Crippen molar-refractivity contribution in [3.8, 4) is 0 Å². The van der Waals surface area contributed by atoms with Crippen LogP contribution < -0.4 is 11.1 Å². The van der Waals surface area contributed by atoms with Gasteiger partial charge in [-0.25, -0.2) is 0 Å². The van der Waals surface area contributed by atoms with E-state index in [4.69, 9.17) is 10.2 Å². The van der Waals surface area contributed by atoms with Crippen molar-refractivity contribution in [2.24, 2.45) is 5.73 Å². The minimum Gasteiger partial charge on any atom is -0.459 e. The summed E-state index contributed by atoms with van der Waals surface area (Å²) < 4.78 is 5.77. The first-order valence-corrected chi connectivity index (χ1v) is 5.65. The second-order valence-electron chi connectivity index (χ2n) is 4.21. The summed E-state index contributed by atoms with van der Waals surface area (Å²) in [5.41, 5.74) is 6.52. The van der Waals surface area contributed by atoms with Crippen LogP contribution in [0.2, 0.25) is 0 Å². The molecule has 86 valence electrons. The number of nitrogens with one attached hydrogen (secondary N) is 1. The summed E-state index contributed by atoms with van der Waals surface area (Å²) in [4.78, 5) is 0. The van der Waals surface area contributed by atoms with Gasteiger partial charge in [-0.3, -0.25) is 0 Å². The molecular formula is C13H18N2O. The number of fused-ring (bicyclic) bond motifs is 1. The molecule has 0 aliphatic heterocycles. The summed E-state index contributed by atoms with van der Waals surface area (Å²) >= 11 is 0. The number of hydrogen-bond acceptors (Lipinski definition) is 3. The molecule has 0 fully saturated rings. The zero-order chi connectivity index (χ0) is 11.5. The molecule has 0 amide bonds. The minimum atomic E-state index is 0.186. The SMILES string of the molecule is CC(CN)NC(C)c1cc2ccccc2o1. The summed E-state index contributed by atoms with van der Waals surface area (Å²) in [6.07, 6.45) is 0. The Kier molecular flexibility index (Phi) is 3.27. The monoisotopic (exact) mass is 218 g/mol. The van der Waals surface area contributed by atoms with Crippen molar-refractivity contribution < 1.29 is 4.42 Å². The van der Waals surface area contributed by atoms with Crippen molar-refractivity contribution in [3.63, 3.8) is 0 Å². The maximum atomic E-state index is 5.77. The van der Waals surface area contributed by atoms with Gasteiger partial charge < -0.3 is 15.5 Å². The van der Waals surface area contributed by atoms with Crippen LogP contribution in [-0.2, 0) is 0 Å². The molecule has 16 heavy (non-hydrogen) atoms. The lowest BCUT2D eigenvalue weighted by atomic mass is 10.2. The number of furan rings is 1. The van der Waals surface area contributed by atoms with Gasteiger partial charge >= 0.3 is 0 Å². The van der Waals surface area contributed by atoms with E-state index in [0.29, 0.717) is 12.6 Å². The Balaban J connectivity index is 2.19. The van der Waals surface area contributed by atoms with Gasteiger partial charge in [0.05, 0.1) is 6.04 Å². The van der Waals surface area contributed by atoms with E-state index >= 15 is 0 Å². The third kappa shape index (κ3) is 2.26. The van der Waals surface area contributed by atoms with E-state index in [2.05, 4.69) is 31.3 Å². The van der Waals surface area contributed by atoms with Crippen molar-refractivity contribution in [1.82, 2.24) is 5.32 Å². The molecule has 2 unspecified atom stereocenters. The number of hydrogen-bond donors (Lipinski definition) is 2. The lowest BCUT2D eigenvalue weighted by molar-refractivity contribution is 0.414. The minimum absolute atomic E-state index is 0.186. The van der Waals surface area contributed by atoms with E-state index in [1.807, 2.05) is 18.2 Å². The molecule has 0 aliphatic carbocycles. The summed E-state index contributed by atoms with van der Waals surface area (Å²) in [5.74, 6) is 0.960. The molecule has 3 nitrogen and oxygen atoms in total. The highest BCUT2D eigenvalue weighted by Crippen LogP contribution is 2.23. The number of rotatable bonds is 4. The number of nitrogens with two attached hydrogens (primary N) is 1. The summed E-state index contributed by atoms with van der Waals surface area (Å²) in [6, 6.07) is 10.6. The fourth-order valence-corrected chi connectivity index (χ4v) is 1.79. The fourth-order valence-electron chi connectivity index (χ4n) is 1.79. The predicted octanol–water partition coefficient (Wildman–Crippen LogP) is 2.43. The topological polar surface area (TPSA) is 51.2 Å². The molecule has 0 saturated heterocycles. The van der Waals surface area contributed by atoms with Crippen molar-refractivity contribution in [2.45, 2.75) is 25.9 Å². The van der Waals surface area contributed by atoms with Gasteiger partial charge in [-0.2, -0.15) is 0 Å². The Morgan fingerprint density at radius 1 is 1.31 bits per heavy atom. The highest BCUT2D eigenvalue weighted by molar-refractivity contribution is 5.77. The van der Waals surface area contributed by atoms with Gasteiger partial charge in [0, 0.05) is 18.0 Å². The summed E-state index contributed by atoms with van der Waals surface area (Å²) in [7, 11) is 0. The van der Waals surface area contributed by atoms with E-state index in [0.717, 1.165) is 16.7 Å². The van der Waals surface area contributed by atoms with Gasteiger partial charge in [0.2, 0.25) is 0 Å². The summed E-state index contributed by atoms with van der Waals surface area (Å²) in [6.45, 7) is 4.79. The van der Waals surface area contributed by atoms with E-state index in [1.54, 1.807) is 0 Å². The first kappa shape index (κ1) is 11.2. The molecular weight excluding hydrogens is 200 g/mol. The predicted molar refractivity (Wildman–Crippen MR) is 66.3 cm³/mol. The number of benzene rings is 1. The van der Waals surface area contributed by atoms with E-state index in [1.165, 1.54) is 0 Å². The Hall–Kier alpha value is -1.32. The standard InChI is InChI=1S/C13H18N2O/c1-9(8-14)15-10(2)13-7-11-5-3-4-6-12(11)16-13/h3-7,9-10,15H,8,14H2,1-2H3. The van der Waals surface area contributed by atoms with Gasteiger partial charge in [0.15, 0.2) is 0 Å². The molecule has 0 saturated carbocycles. The van der Waals surface area contributed by atoms with E-state index in [9.17, 15) is 0 Å². The van der Waals surface area contributed by atoms with Crippen LogP contribution in [0.4, 0.5) is 0 Å². The largest absolute Gasteiger partial charge is 0.459 e. The van der Waals surface area contributed by atoms with E-state index in [-0.39, 0.29) is 6.04 Å². The third-order valence-electron chi connectivity index (χ3n) is 2.76. The van der Waals surface area contributed by atoms with Crippen LogP contribution in [-0.4, -0.2) is 12.6 Å². The molecule has 0 radical (unpaired) electrons. The lowest BCUT2D eigenvalue weighted by Gasteiger charge is -2.16. The molecule has 0 spiro atoms. The van der Waals surface area contributed by atoms with Crippen molar-refractivity contribution in [2.75, 3.05) is 6.54 Å². The maximum absolute atomic E-state index is 5.77. The smallest absolute Gasteiger partial charge is 0.134 e. The zero-order valence-electron chi connectivity index (χ0n) is 9.73. The molecule has 3 heteroatoms. The molecule has 3 N–H and O–H groups in total. The van der Waals surface area contributed by atoms with Crippen molar-refractivity contribution >= 4 is 11.0 Å². The molecule has 1 heterocycles. The van der Waals surface area contributed by atoms with Gasteiger partial charge in [0.1, 0.15) is 11.3 Å². The van der Waals surface area contributed by atoms with Crippen LogP contribution in [0.15, 0.2) is 34.7 Å². The van der Waals surface area contributed by atoms with Crippen LogP contribution in [0.1, 0.15) is 25.6 Å². The Morgan fingerprint density at radius 2 is 2.06 bits per heavy atom. The molecule has 1 aromatic heterocycles. The third-order valence-corrected chi connectivity index (χ3v) is 2.76. The molecule has 0 aliphatic rings. The van der Waals surface area contributed by atoms with Crippen LogP contribution in [0.25, 0.3) is 11.0 Å². The second-order valence-corrected chi connectivity index (χ2v) is 4.21. The average Bonchev–Trinajstić information content (AvgIpc) is 2.72. The van der Waals surface area contributed by atoms with Gasteiger partial charge in [-0.15, -0.1) is 0 Å². The first-order valence-electron chi connectivity index (χ1n) is 5.65. The van der Waals surface area contributed by atoms with Gasteiger partial charge in [-0.05, 0) is 26.0 Å². The Bertz CT molecular complexity index is 431. The highest BCUT2D eigenvalue weighted by atomic mass is 16.3. The van der Waals surface area contributed by atoms with Crippen LogP contribution in [0.5, 0.6) is 0 Å². The Morgan fingerprint density at radius 3 is 2.75 bits per heavy atom. The zero-order valence-corrected chi connectivity index (χ0v) is 9.73. The summed E-state index contributed by atoms with van der Waals surface area (Å²) in [5, 5.41) is 4.53. The molecule has 2 atom stereocenters. The highest BCUT2D eigenvalue weighted by Gasteiger charge is 2.12. The van der Waals surface area contributed by atoms with Crippen LogP contribution in [0.3, 0.4) is 0 Å².